The number of aliphatic hydroxyl groups excluding tert-OH is 1. The van der Waals surface area contributed by atoms with Crippen LogP contribution in [0, 0.1) is 12.8 Å². The van der Waals surface area contributed by atoms with Crippen molar-refractivity contribution in [3.8, 4) is 0 Å². The van der Waals surface area contributed by atoms with E-state index in [1.54, 1.807) is 0 Å². The van der Waals surface area contributed by atoms with Gasteiger partial charge >= 0.3 is 0 Å². The molecule has 2 unspecified atom stereocenters. The maximum absolute atomic E-state index is 9.75. The summed E-state index contributed by atoms with van der Waals surface area (Å²) in [5.74, 6) is 2.06. The van der Waals surface area contributed by atoms with Crippen molar-refractivity contribution < 1.29 is 5.11 Å². The van der Waals surface area contributed by atoms with Gasteiger partial charge < -0.3 is 10.4 Å². The molecule has 94 valence electrons. The first kappa shape index (κ1) is 12.3. The van der Waals surface area contributed by atoms with E-state index in [-0.39, 0.29) is 6.10 Å². The molecule has 4 nitrogen and oxygen atoms in total. The average Bonchev–Trinajstić information content (AvgIpc) is 2.71. The highest BCUT2D eigenvalue weighted by Crippen LogP contribution is 2.25. The smallest absolute Gasteiger partial charge is 0.129 e. The summed E-state index contributed by atoms with van der Waals surface area (Å²) in [6.07, 6.45) is 3.96. The fraction of sp³-hybridized carbons (Fsp3) is 0.692. The number of aryl methyl sites for hydroxylation is 2. The molecule has 1 saturated carbocycles. The SMILES string of the molecule is CCc1cc(NCC2CCCC2O)nc(C)n1. The van der Waals surface area contributed by atoms with E-state index >= 15 is 0 Å². The quantitative estimate of drug-likeness (QED) is 0.837. The second-order valence-electron chi connectivity index (χ2n) is 4.78. The van der Waals surface area contributed by atoms with Gasteiger partial charge in [-0.05, 0) is 26.2 Å². The van der Waals surface area contributed by atoms with E-state index < -0.39 is 0 Å². The Morgan fingerprint density at radius 2 is 2.24 bits per heavy atom. The molecule has 0 aliphatic heterocycles. The third kappa shape index (κ3) is 3.16. The Hall–Kier alpha value is -1.16. The summed E-state index contributed by atoms with van der Waals surface area (Å²) in [6, 6.07) is 1.99. The Balaban J connectivity index is 1.96. The van der Waals surface area contributed by atoms with Gasteiger partial charge in [-0.1, -0.05) is 13.3 Å². The number of rotatable bonds is 4. The van der Waals surface area contributed by atoms with Crippen molar-refractivity contribution in [3.63, 3.8) is 0 Å². The summed E-state index contributed by atoms with van der Waals surface area (Å²) in [7, 11) is 0. The first-order chi connectivity index (χ1) is 8.19. The zero-order chi connectivity index (χ0) is 12.3. The van der Waals surface area contributed by atoms with Crippen LogP contribution < -0.4 is 5.32 Å². The van der Waals surface area contributed by atoms with Crippen LogP contribution in [-0.2, 0) is 6.42 Å². The summed E-state index contributed by atoms with van der Waals surface area (Å²) < 4.78 is 0. The molecule has 0 aromatic carbocycles. The van der Waals surface area contributed by atoms with Crippen LogP contribution in [0.3, 0.4) is 0 Å². The molecule has 1 fully saturated rings. The van der Waals surface area contributed by atoms with Gasteiger partial charge in [0.05, 0.1) is 6.10 Å². The summed E-state index contributed by atoms with van der Waals surface area (Å²) in [6.45, 7) is 4.81. The molecule has 1 aliphatic carbocycles. The van der Waals surface area contributed by atoms with Crippen LogP contribution in [-0.4, -0.2) is 27.7 Å². The van der Waals surface area contributed by atoms with Crippen LogP contribution in [0.4, 0.5) is 5.82 Å². The van der Waals surface area contributed by atoms with Crippen molar-refractivity contribution in [2.75, 3.05) is 11.9 Å². The van der Waals surface area contributed by atoms with E-state index in [0.717, 1.165) is 49.6 Å². The topological polar surface area (TPSA) is 58.0 Å². The van der Waals surface area contributed by atoms with Crippen LogP contribution in [0.25, 0.3) is 0 Å². The van der Waals surface area contributed by atoms with E-state index in [1.807, 2.05) is 13.0 Å². The first-order valence-corrected chi connectivity index (χ1v) is 6.45. The number of hydrogen-bond donors (Lipinski definition) is 2. The highest BCUT2D eigenvalue weighted by molar-refractivity contribution is 5.36. The lowest BCUT2D eigenvalue weighted by Crippen LogP contribution is -2.22. The molecular weight excluding hydrogens is 214 g/mol. The van der Waals surface area contributed by atoms with Crippen molar-refractivity contribution in [3.05, 3.63) is 17.6 Å². The molecule has 1 aromatic heterocycles. The van der Waals surface area contributed by atoms with Crippen molar-refractivity contribution in [1.82, 2.24) is 9.97 Å². The van der Waals surface area contributed by atoms with E-state index in [4.69, 9.17) is 0 Å². The minimum atomic E-state index is -0.143. The number of aliphatic hydroxyl groups is 1. The molecule has 0 spiro atoms. The first-order valence-electron chi connectivity index (χ1n) is 6.45. The summed E-state index contributed by atoms with van der Waals surface area (Å²) in [5, 5.41) is 13.1. The molecule has 1 aliphatic rings. The Bertz CT molecular complexity index is 381. The van der Waals surface area contributed by atoms with E-state index in [9.17, 15) is 5.11 Å². The lowest BCUT2D eigenvalue weighted by atomic mass is 10.1. The van der Waals surface area contributed by atoms with E-state index in [0.29, 0.717) is 5.92 Å². The van der Waals surface area contributed by atoms with Crippen LogP contribution >= 0.6 is 0 Å². The lowest BCUT2D eigenvalue weighted by Gasteiger charge is -2.15. The second-order valence-corrected chi connectivity index (χ2v) is 4.78. The van der Waals surface area contributed by atoms with Crippen molar-refractivity contribution >= 4 is 5.82 Å². The highest BCUT2D eigenvalue weighted by Gasteiger charge is 2.24. The largest absolute Gasteiger partial charge is 0.393 e. The van der Waals surface area contributed by atoms with Crippen LogP contribution in [0.5, 0.6) is 0 Å². The van der Waals surface area contributed by atoms with Gasteiger partial charge in [0.15, 0.2) is 0 Å². The summed E-state index contributed by atoms with van der Waals surface area (Å²) >= 11 is 0. The van der Waals surface area contributed by atoms with Gasteiger partial charge in [-0.3, -0.25) is 0 Å². The fourth-order valence-electron chi connectivity index (χ4n) is 2.39. The van der Waals surface area contributed by atoms with Crippen LogP contribution in [0.2, 0.25) is 0 Å². The lowest BCUT2D eigenvalue weighted by molar-refractivity contribution is 0.138. The molecule has 0 saturated heterocycles. The summed E-state index contributed by atoms with van der Waals surface area (Å²) in [5.41, 5.74) is 1.06. The number of nitrogens with one attached hydrogen (secondary N) is 1. The Morgan fingerprint density at radius 3 is 2.88 bits per heavy atom. The standard InChI is InChI=1S/C13H21N3O/c1-3-11-7-13(16-9(2)15-11)14-8-10-5-4-6-12(10)17/h7,10,12,17H,3-6,8H2,1-2H3,(H,14,15,16). The minimum Gasteiger partial charge on any atom is -0.393 e. The predicted octanol–water partition coefficient (Wildman–Crippen LogP) is 1.92. The molecule has 0 amide bonds. The highest BCUT2D eigenvalue weighted by atomic mass is 16.3. The molecule has 0 radical (unpaired) electrons. The zero-order valence-corrected chi connectivity index (χ0v) is 10.6. The second kappa shape index (κ2) is 5.45. The zero-order valence-electron chi connectivity index (χ0n) is 10.6. The average molecular weight is 235 g/mol. The van der Waals surface area contributed by atoms with E-state index in [2.05, 4.69) is 22.2 Å². The van der Waals surface area contributed by atoms with Crippen LogP contribution in [0.15, 0.2) is 6.07 Å². The molecule has 2 rings (SSSR count). The number of anilines is 1. The monoisotopic (exact) mass is 235 g/mol. The Labute approximate surface area is 102 Å². The van der Waals surface area contributed by atoms with Gasteiger partial charge in [-0.15, -0.1) is 0 Å². The number of aromatic nitrogens is 2. The normalized spacial score (nSPS) is 23.9. The van der Waals surface area contributed by atoms with Crippen molar-refractivity contribution in [2.45, 2.75) is 45.6 Å². The number of nitrogens with zero attached hydrogens (tertiary/aromatic N) is 2. The minimum absolute atomic E-state index is 0.143. The van der Waals surface area contributed by atoms with Gasteiger partial charge in [0, 0.05) is 24.2 Å². The van der Waals surface area contributed by atoms with Crippen LogP contribution in [0.1, 0.15) is 37.7 Å². The third-order valence-corrected chi connectivity index (χ3v) is 3.42. The van der Waals surface area contributed by atoms with Gasteiger partial charge in [0.25, 0.3) is 0 Å². The van der Waals surface area contributed by atoms with Gasteiger partial charge in [-0.2, -0.15) is 0 Å². The van der Waals surface area contributed by atoms with E-state index in [1.165, 1.54) is 0 Å². The Morgan fingerprint density at radius 1 is 1.41 bits per heavy atom. The maximum atomic E-state index is 9.75. The maximum Gasteiger partial charge on any atom is 0.129 e. The van der Waals surface area contributed by atoms with Gasteiger partial charge in [-0.25, -0.2) is 9.97 Å². The molecule has 17 heavy (non-hydrogen) atoms. The van der Waals surface area contributed by atoms with Gasteiger partial charge in [0.1, 0.15) is 11.6 Å². The van der Waals surface area contributed by atoms with Gasteiger partial charge in [0.2, 0.25) is 0 Å². The number of hydrogen-bond acceptors (Lipinski definition) is 4. The van der Waals surface area contributed by atoms with Crippen molar-refractivity contribution in [1.29, 1.82) is 0 Å². The molecule has 2 atom stereocenters. The third-order valence-electron chi connectivity index (χ3n) is 3.42. The molecule has 0 bridgehead atoms. The molecule has 2 N–H and O–H groups in total. The summed E-state index contributed by atoms with van der Waals surface area (Å²) in [4.78, 5) is 8.71. The molecule has 1 heterocycles. The molecule has 4 heteroatoms. The molecular formula is C13H21N3O. The Kier molecular flexibility index (Phi) is 3.94. The molecule has 1 aromatic rings. The predicted molar refractivity (Wildman–Crippen MR) is 68.0 cm³/mol. The fourth-order valence-corrected chi connectivity index (χ4v) is 2.39. The van der Waals surface area contributed by atoms with Crippen molar-refractivity contribution in [2.24, 2.45) is 5.92 Å².